The van der Waals surface area contributed by atoms with Gasteiger partial charge in [0.1, 0.15) is 17.3 Å². The van der Waals surface area contributed by atoms with Crippen LogP contribution in [0.1, 0.15) is 39.1 Å². The molecule has 20 heavy (non-hydrogen) atoms. The van der Waals surface area contributed by atoms with Crippen molar-refractivity contribution in [3.8, 4) is 11.3 Å². The van der Waals surface area contributed by atoms with E-state index in [0.717, 1.165) is 40.2 Å². The van der Waals surface area contributed by atoms with Crippen LogP contribution >= 0.6 is 27.5 Å². The lowest BCUT2D eigenvalue weighted by Crippen LogP contribution is -2.09. The van der Waals surface area contributed by atoms with Crippen LogP contribution in [0.2, 0.25) is 5.02 Å². The SMILES string of the molecule is CCCc1nc(-c2ccc(Cl)c(Br)c2)c(N)n1C(C)C. The molecule has 0 saturated carbocycles. The second-order valence-corrected chi connectivity index (χ2v) is 6.37. The second-order valence-electron chi connectivity index (χ2n) is 5.10. The van der Waals surface area contributed by atoms with Crippen molar-refractivity contribution >= 4 is 33.3 Å². The molecule has 1 aromatic carbocycles. The highest BCUT2D eigenvalue weighted by Crippen LogP contribution is 2.33. The fourth-order valence-corrected chi connectivity index (χ4v) is 2.82. The Labute approximate surface area is 133 Å². The van der Waals surface area contributed by atoms with Gasteiger partial charge in [0.25, 0.3) is 0 Å². The van der Waals surface area contributed by atoms with Gasteiger partial charge >= 0.3 is 0 Å². The van der Waals surface area contributed by atoms with Crippen molar-refractivity contribution in [1.82, 2.24) is 9.55 Å². The molecule has 0 aliphatic rings. The maximum Gasteiger partial charge on any atom is 0.131 e. The molecular weight excluding hydrogens is 338 g/mol. The molecule has 108 valence electrons. The van der Waals surface area contributed by atoms with Crippen molar-refractivity contribution in [3.63, 3.8) is 0 Å². The van der Waals surface area contributed by atoms with E-state index in [1.165, 1.54) is 0 Å². The van der Waals surface area contributed by atoms with E-state index in [1.807, 2.05) is 18.2 Å². The summed E-state index contributed by atoms with van der Waals surface area (Å²) in [6, 6.07) is 6.07. The van der Waals surface area contributed by atoms with Crippen molar-refractivity contribution in [2.45, 2.75) is 39.7 Å². The maximum absolute atomic E-state index is 6.31. The number of imidazole rings is 1. The molecule has 0 aliphatic heterocycles. The molecule has 2 aromatic rings. The van der Waals surface area contributed by atoms with Gasteiger partial charge in [-0.15, -0.1) is 0 Å². The molecule has 0 amide bonds. The van der Waals surface area contributed by atoms with Gasteiger partial charge in [-0.1, -0.05) is 24.6 Å². The summed E-state index contributed by atoms with van der Waals surface area (Å²) in [7, 11) is 0. The third kappa shape index (κ3) is 2.86. The molecule has 2 N–H and O–H groups in total. The summed E-state index contributed by atoms with van der Waals surface area (Å²) in [5.41, 5.74) is 8.12. The van der Waals surface area contributed by atoms with Crippen molar-refractivity contribution in [2.24, 2.45) is 0 Å². The quantitative estimate of drug-likeness (QED) is 0.830. The number of aryl methyl sites for hydroxylation is 1. The summed E-state index contributed by atoms with van der Waals surface area (Å²) in [5.74, 6) is 1.76. The number of rotatable bonds is 4. The van der Waals surface area contributed by atoms with Crippen LogP contribution in [0.3, 0.4) is 0 Å². The molecule has 0 unspecified atom stereocenters. The number of aromatic nitrogens is 2. The minimum Gasteiger partial charge on any atom is -0.383 e. The lowest BCUT2D eigenvalue weighted by molar-refractivity contribution is 0.571. The van der Waals surface area contributed by atoms with Crippen LogP contribution in [0.4, 0.5) is 5.82 Å². The first-order chi connectivity index (χ1) is 9.45. The second kappa shape index (κ2) is 6.19. The molecule has 0 radical (unpaired) electrons. The van der Waals surface area contributed by atoms with Gasteiger partial charge in [-0.05, 0) is 48.3 Å². The largest absolute Gasteiger partial charge is 0.383 e. The Hall–Kier alpha value is -1.00. The van der Waals surface area contributed by atoms with Gasteiger partial charge in [-0.25, -0.2) is 4.98 Å². The molecule has 0 bridgehead atoms. The zero-order valence-corrected chi connectivity index (χ0v) is 14.3. The van der Waals surface area contributed by atoms with Crippen molar-refractivity contribution in [1.29, 1.82) is 0 Å². The van der Waals surface area contributed by atoms with Crippen molar-refractivity contribution in [2.75, 3.05) is 5.73 Å². The Morgan fingerprint density at radius 2 is 2.10 bits per heavy atom. The number of hydrogen-bond donors (Lipinski definition) is 1. The highest BCUT2D eigenvalue weighted by molar-refractivity contribution is 9.10. The standard InChI is InChI=1S/C15H19BrClN3/c1-4-5-13-19-14(15(18)20(13)9(2)3)10-6-7-12(17)11(16)8-10/h6-9H,4-5,18H2,1-3H3. The third-order valence-corrected chi connectivity index (χ3v) is 4.42. The Bertz CT molecular complexity index is 620. The van der Waals surface area contributed by atoms with Gasteiger partial charge in [-0.3, -0.25) is 0 Å². The van der Waals surface area contributed by atoms with Gasteiger partial charge in [0, 0.05) is 22.5 Å². The fraction of sp³-hybridized carbons (Fsp3) is 0.400. The lowest BCUT2D eigenvalue weighted by Gasteiger charge is -2.13. The zero-order chi connectivity index (χ0) is 14.9. The fourth-order valence-electron chi connectivity index (χ4n) is 2.33. The maximum atomic E-state index is 6.31. The zero-order valence-electron chi connectivity index (χ0n) is 12.0. The summed E-state index contributed by atoms with van der Waals surface area (Å²) < 4.78 is 2.97. The third-order valence-electron chi connectivity index (χ3n) is 3.20. The molecule has 0 spiro atoms. The Morgan fingerprint density at radius 1 is 1.40 bits per heavy atom. The summed E-state index contributed by atoms with van der Waals surface area (Å²) in [5, 5.41) is 0.685. The Morgan fingerprint density at radius 3 is 2.65 bits per heavy atom. The van der Waals surface area contributed by atoms with E-state index in [-0.39, 0.29) is 0 Å². The van der Waals surface area contributed by atoms with E-state index in [9.17, 15) is 0 Å². The normalized spacial score (nSPS) is 11.3. The first kappa shape index (κ1) is 15.4. The molecule has 5 heteroatoms. The van der Waals surface area contributed by atoms with Crippen molar-refractivity contribution < 1.29 is 0 Å². The van der Waals surface area contributed by atoms with Crippen LogP contribution in [-0.2, 0) is 6.42 Å². The number of nitrogen functional groups attached to an aromatic ring is 1. The number of anilines is 1. The summed E-state index contributed by atoms with van der Waals surface area (Å²) >= 11 is 9.49. The topological polar surface area (TPSA) is 43.8 Å². The number of nitrogens with zero attached hydrogens (tertiary/aromatic N) is 2. The molecule has 0 atom stereocenters. The van der Waals surface area contributed by atoms with E-state index < -0.39 is 0 Å². The number of halogens is 2. The summed E-state index contributed by atoms with van der Waals surface area (Å²) in [4.78, 5) is 4.74. The van der Waals surface area contributed by atoms with Crippen LogP contribution in [0.25, 0.3) is 11.3 Å². The van der Waals surface area contributed by atoms with Crippen LogP contribution in [0, 0.1) is 0 Å². The van der Waals surface area contributed by atoms with Crippen LogP contribution in [0.5, 0.6) is 0 Å². The Kier molecular flexibility index (Phi) is 4.76. The average molecular weight is 357 g/mol. The molecule has 2 rings (SSSR count). The Balaban J connectivity index is 2.56. The minimum atomic E-state index is 0.300. The van der Waals surface area contributed by atoms with Gasteiger partial charge in [0.2, 0.25) is 0 Å². The van der Waals surface area contributed by atoms with E-state index in [4.69, 9.17) is 22.3 Å². The van der Waals surface area contributed by atoms with E-state index in [1.54, 1.807) is 0 Å². The number of nitrogens with two attached hydrogens (primary N) is 1. The summed E-state index contributed by atoms with van der Waals surface area (Å²) in [6.07, 6.45) is 1.98. The average Bonchev–Trinajstić information content (AvgIpc) is 2.70. The number of hydrogen-bond acceptors (Lipinski definition) is 2. The van der Waals surface area contributed by atoms with Gasteiger partial charge in [0.05, 0.1) is 5.02 Å². The highest BCUT2D eigenvalue weighted by Gasteiger charge is 2.18. The van der Waals surface area contributed by atoms with Crippen LogP contribution in [-0.4, -0.2) is 9.55 Å². The molecule has 1 heterocycles. The number of benzene rings is 1. The smallest absolute Gasteiger partial charge is 0.131 e. The van der Waals surface area contributed by atoms with E-state index >= 15 is 0 Å². The highest BCUT2D eigenvalue weighted by atomic mass is 79.9. The predicted molar refractivity (Wildman–Crippen MR) is 89.2 cm³/mol. The first-order valence-electron chi connectivity index (χ1n) is 6.77. The lowest BCUT2D eigenvalue weighted by atomic mass is 10.1. The molecule has 0 aliphatic carbocycles. The van der Waals surface area contributed by atoms with E-state index in [2.05, 4.69) is 41.3 Å². The molecular formula is C15H19BrClN3. The van der Waals surface area contributed by atoms with Gasteiger partial charge < -0.3 is 10.3 Å². The van der Waals surface area contributed by atoms with E-state index in [0.29, 0.717) is 11.1 Å². The molecule has 0 fully saturated rings. The van der Waals surface area contributed by atoms with Gasteiger partial charge in [-0.2, -0.15) is 0 Å². The monoisotopic (exact) mass is 355 g/mol. The predicted octanol–water partition coefficient (Wildman–Crippen LogP) is 5.08. The summed E-state index contributed by atoms with van der Waals surface area (Å²) in [6.45, 7) is 6.39. The van der Waals surface area contributed by atoms with Gasteiger partial charge in [0.15, 0.2) is 0 Å². The molecule has 3 nitrogen and oxygen atoms in total. The van der Waals surface area contributed by atoms with Crippen molar-refractivity contribution in [3.05, 3.63) is 33.5 Å². The molecule has 0 saturated heterocycles. The van der Waals surface area contributed by atoms with Crippen LogP contribution < -0.4 is 5.73 Å². The molecule has 1 aromatic heterocycles. The first-order valence-corrected chi connectivity index (χ1v) is 7.94. The van der Waals surface area contributed by atoms with Crippen LogP contribution in [0.15, 0.2) is 22.7 Å². The minimum absolute atomic E-state index is 0.300.